The Morgan fingerprint density at radius 1 is 1.07 bits per heavy atom. The number of ether oxygens (including phenoxy) is 1. The first-order chi connectivity index (χ1) is 13.3. The molecule has 0 aliphatic carbocycles. The number of rotatable bonds is 3. The molecule has 138 valence electrons. The number of anilines is 1. The molecule has 0 spiro atoms. The Morgan fingerprint density at radius 3 is 2.85 bits per heavy atom. The van der Waals surface area contributed by atoms with Gasteiger partial charge in [-0.3, -0.25) is 4.90 Å². The zero-order valence-corrected chi connectivity index (χ0v) is 15.6. The molecule has 0 radical (unpaired) electrons. The van der Waals surface area contributed by atoms with E-state index in [2.05, 4.69) is 75.2 Å². The molecule has 5 heteroatoms. The van der Waals surface area contributed by atoms with E-state index in [4.69, 9.17) is 4.74 Å². The van der Waals surface area contributed by atoms with Gasteiger partial charge in [-0.1, -0.05) is 42.0 Å². The molecule has 5 nitrogen and oxygen atoms in total. The maximum atomic E-state index is 6.13. The number of fused-ring (bicyclic) bond motifs is 2. The van der Waals surface area contributed by atoms with Crippen molar-refractivity contribution in [2.45, 2.75) is 25.6 Å². The van der Waals surface area contributed by atoms with Gasteiger partial charge in [-0.2, -0.15) is 0 Å². The van der Waals surface area contributed by atoms with Gasteiger partial charge in [0.15, 0.2) is 0 Å². The molecule has 2 aromatic carbocycles. The van der Waals surface area contributed by atoms with E-state index in [1.807, 2.05) is 0 Å². The molecule has 0 bridgehead atoms. The minimum atomic E-state index is 0.234. The van der Waals surface area contributed by atoms with Gasteiger partial charge in [0.2, 0.25) is 0 Å². The summed E-state index contributed by atoms with van der Waals surface area (Å²) in [6, 6.07) is 17.5. The third-order valence-corrected chi connectivity index (χ3v) is 5.71. The summed E-state index contributed by atoms with van der Waals surface area (Å²) in [6.07, 6.45) is 1.91. The lowest BCUT2D eigenvalue weighted by Gasteiger charge is -2.36. The predicted molar refractivity (Wildman–Crippen MR) is 107 cm³/mol. The van der Waals surface area contributed by atoms with E-state index < -0.39 is 0 Å². The van der Waals surface area contributed by atoms with Gasteiger partial charge in [0.1, 0.15) is 12.1 Å². The van der Waals surface area contributed by atoms with Crippen molar-refractivity contribution in [2.24, 2.45) is 0 Å². The third-order valence-electron chi connectivity index (χ3n) is 5.71. The maximum absolute atomic E-state index is 6.13. The standard InChI is InChI=1S/C22H24N4O/c1-16-7-8-19-18(11-16)22(24-15-23-19)26-13-20-21(14-26)27-10-9-25(20)12-17-5-3-2-4-6-17/h2-8,11,15,20-21H,9-10,12-14H2,1H3. The molecule has 0 N–H and O–H groups in total. The molecule has 2 atom stereocenters. The van der Waals surface area contributed by atoms with Crippen LogP contribution in [0.25, 0.3) is 10.9 Å². The zero-order valence-electron chi connectivity index (χ0n) is 15.6. The van der Waals surface area contributed by atoms with Crippen LogP contribution in [0.3, 0.4) is 0 Å². The van der Waals surface area contributed by atoms with Gasteiger partial charge in [-0.05, 0) is 24.6 Å². The molecule has 3 aromatic rings. The number of aromatic nitrogens is 2. The van der Waals surface area contributed by atoms with Crippen molar-refractivity contribution in [1.82, 2.24) is 14.9 Å². The fourth-order valence-corrected chi connectivity index (χ4v) is 4.35. The van der Waals surface area contributed by atoms with Gasteiger partial charge in [0, 0.05) is 31.6 Å². The van der Waals surface area contributed by atoms with Crippen molar-refractivity contribution in [3.8, 4) is 0 Å². The minimum absolute atomic E-state index is 0.234. The SMILES string of the molecule is Cc1ccc2ncnc(N3CC4OCCN(Cc5ccccc5)C4C3)c2c1. The molecule has 2 fully saturated rings. The second-order valence-electron chi connectivity index (χ2n) is 7.56. The minimum Gasteiger partial charge on any atom is -0.373 e. The molecular weight excluding hydrogens is 336 g/mol. The maximum Gasteiger partial charge on any atom is 0.140 e. The molecule has 5 rings (SSSR count). The van der Waals surface area contributed by atoms with Gasteiger partial charge in [0.05, 0.1) is 24.3 Å². The Morgan fingerprint density at radius 2 is 1.96 bits per heavy atom. The molecule has 3 heterocycles. The van der Waals surface area contributed by atoms with Gasteiger partial charge >= 0.3 is 0 Å². The van der Waals surface area contributed by atoms with Crippen LogP contribution in [0.1, 0.15) is 11.1 Å². The van der Waals surface area contributed by atoms with E-state index >= 15 is 0 Å². The third kappa shape index (κ3) is 3.17. The molecule has 2 unspecified atom stereocenters. The summed E-state index contributed by atoms with van der Waals surface area (Å²) in [7, 11) is 0. The lowest BCUT2D eigenvalue weighted by molar-refractivity contribution is -0.0499. The van der Waals surface area contributed by atoms with Crippen LogP contribution in [0.4, 0.5) is 5.82 Å². The summed E-state index contributed by atoms with van der Waals surface area (Å²) >= 11 is 0. The molecule has 27 heavy (non-hydrogen) atoms. The van der Waals surface area contributed by atoms with Crippen molar-refractivity contribution in [3.05, 3.63) is 66.0 Å². The molecule has 2 aliphatic rings. The number of benzene rings is 2. The van der Waals surface area contributed by atoms with Crippen molar-refractivity contribution in [1.29, 1.82) is 0 Å². The lowest BCUT2D eigenvalue weighted by atomic mass is 10.1. The fraction of sp³-hybridized carbons (Fsp3) is 0.364. The van der Waals surface area contributed by atoms with Crippen molar-refractivity contribution >= 4 is 16.7 Å². The average molecular weight is 360 g/mol. The Bertz CT molecular complexity index is 945. The average Bonchev–Trinajstić information content (AvgIpc) is 3.13. The van der Waals surface area contributed by atoms with Crippen LogP contribution in [-0.2, 0) is 11.3 Å². The first-order valence-corrected chi connectivity index (χ1v) is 9.64. The number of hydrogen-bond donors (Lipinski definition) is 0. The number of morpholine rings is 1. The van der Waals surface area contributed by atoms with E-state index in [1.54, 1.807) is 6.33 Å². The van der Waals surface area contributed by atoms with Gasteiger partial charge in [-0.25, -0.2) is 9.97 Å². The number of hydrogen-bond acceptors (Lipinski definition) is 5. The monoisotopic (exact) mass is 360 g/mol. The van der Waals surface area contributed by atoms with Crippen LogP contribution in [0.2, 0.25) is 0 Å². The van der Waals surface area contributed by atoms with E-state index in [0.29, 0.717) is 6.04 Å². The zero-order chi connectivity index (χ0) is 18.2. The summed E-state index contributed by atoms with van der Waals surface area (Å²) < 4.78 is 6.13. The largest absolute Gasteiger partial charge is 0.373 e. The van der Waals surface area contributed by atoms with E-state index in [1.165, 1.54) is 11.1 Å². The second kappa shape index (κ2) is 6.91. The summed E-state index contributed by atoms with van der Waals surface area (Å²) in [5.74, 6) is 1.03. The van der Waals surface area contributed by atoms with E-state index in [9.17, 15) is 0 Å². The molecule has 0 amide bonds. The van der Waals surface area contributed by atoms with Crippen LogP contribution in [0.5, 0.6) is 0 Å². The Hall–Kier alpha value is -2.50. The molecular formula is C22H24N4O. The van der Waals surface area contributed by atoms with E-state index in [0.717, 1.165) is 49.5 Å². The van der Waals surface area contributed by atoms with Crippen LogP contribution < -0.4 is 4.90 Å². The predicted octanol–water partition coefficient (Wildman–Crippen LogP) is 3.03. The first kappa shape index (κ1) is 16.7. The van der Waals surface area contributed by atoms with Crippen molar-refractivity contribution in [2.75, 3.05) is 31.1 Å². The highest BCUT2D eigenvalue weighted by atomic mass is 16.5. The quantitative estimate of drug-likeness (QED) is 0.718. The van der Waals surface area contributed by atoms with Crippen LogP contribution in [0.15, 0.2) is 54.9 Å². The topological polar surface area (TPSA) is 41.5 Å². The smallest absolute Gasteiger partial charge is 0.140 e. The molecule has 0 saturated carbocycles. The lowest BCUT2D eigenvalue weighted by Crippen LogP contribution is -2.50. The Labute approximate surface area is 159 Å². The van der Waals surface area contributed by atoms with Crippen LogP contribution in [-0.4, -0.2) is 53.3 Å². The molecule has 2 saturated heterocycles. The summed E-state index contributed by atoms with van der Waals surface area (Å²) in [5, 5.41) is 1.13. The highest BCUT2D eigenvalue weighted by Gasteiger charge is 2.40. The normalized spacial score (nSPS) is 22.9. The first-order valence-electron chi connectivity index (χ1n) is 9.64. The molecule has 1 aromatic heterocycles. The van der Waals surface area contributed by atoms with E-state index in [-0.39, 0.29) is 6.10 Å². The highest BCUT2D eigenvalue weighted by Crippen LogP contribution is 2.31. The van der Waals surface area contributed by atoms with Crippen LogP contribution >= 0.6 is 0 Å². The number of aryl methyl sites for hydroxylation is 1. The summed E-state index contributed by atoms with van der Waals surface area (Å²) in [5.41, 5.74) is 3.60. The van der Waals surface area contributed by atoms with Crippen molar-refractivity contribution in [3.63, 3.8) is 0 Å². The van der Waals surface area contributed by atoms with Gasteiger partial charge < -0.3 is 9.64 Å². The Balaban J connectivity index is 1.42. The second-order valence-corrected chi connectivity index (χ2v) is 7.56. The summed E-state index contributed by atoms with van der Waals surface area (Å²) in [4.78, 5) is 14.0. The highest BCUT2D eigenvalue weighted by molar-refractivity contribution is 5.90. The molecule has 2 aliphatic heterocycles. The van der Waals surface area contributed by atoms with Crippen molar-refractivity contribution < 1.29 is 4.74 Å². The van der Waals surface area contributed by atoms with Gasteiger partial charge in [-0.15, -0.1) is 0 Å². The summed E-state index contributed by atoms with van der Waals surface area (Å²) in [6.45, 7) is 6.69. The fourth-order valence-electron chi connectivity index (χ4n) is 4.35. The Kier molecular flexibility index (Phi) is 4.26. The van der Waals surface area contributed by atoms with Gasteiger partial charge in [0.25, 0.3) is 0 Å². The van der Waals surface area contributed by atoms with Crippen LogP contribution in [0, 0.1) is 6.92 Å². The number of nitrogens with zero attached hydrogens (tertiary/aromatic N) is 4.